The zero-order valence-corrected chi connectivity index (χ0v) is 9.91. The summed E-state index contributed by atoms with van der Waals surface area (Å²) in [7, 11) is 0. The number of rotatable bonds is 3. The smallest absolute Gasteiger partial charge is 0.232 e. The van der Waals surface area contributed by atoms with Crippen molar-refractivity contribution < 1.29 is 9.15 Å². The number of aromatic nitrogens is 1. The van der Waals surface area contributed by atoms with Crippen LogP contribution < -0.4 is 4.74 Å². The van der Waals surface area contributed by atoms with Crippen LogP contribution in [0.5, 0.6) is 5.75 Å². The Labute approximate surface area is 99.0 Å². The van der Waals surface area contributed by atoms with Crippen LogP contribution in [-0.4, -0.2) is 4.98 Å². The zero-order valence-electron chi connectivity index (χ0n) is 9.16. The number of oxazole rings is 1. The molecule has 1 aromatic heterocycles. The summed E-state index contributed by atoms with van der Waals surface area (Å²) in [5.74, 6) is 2.11. The zero-order chi connectivity index (χ0) is 11.5. The third-order valence-electron chi connectivity index (χ3n) is 2.23. The molecule has 0 spiro atoms. The number of ether oxygens (including phenoxy) is 1. The van der Waals surface area contributed by atoms with Gasteiger partial charge in [0.25, 0.3) is 0 Å². The first-order chi connectivity index (χ1) is 7.65. The van der Waals surface area contributed by atoms with E-state index in [0.29, 0.717) is 23.3 Å². The topological polar surface area (TPSA) is 35.3 Å². The fourth-order valence-corrected chi connectivity index (χ4v) is 1.48. The van der Waals surface area contributed by atoms with Gasteiger partial charge < -0.3 is 9.15 Å². The van der Waals surface area contributed by atoms with Crippen LogP contribution in [0.2, 0.25) is 5.02 Å². The van der Waals surface area contributed by atoms with Gasteiger partial charge in [0.1, 0.15) is 11.5 Å². The molecule has 3 nitrogen and oxygen atoms in total. The highest BCUT2D eigenvalue weighted by molar-refractivity contribution is 6.30. The highest BCUT2D eigenvalue weighted by atomic mass is 35.5. The lowest BCUT2D eigenvalue weighted by atomic mass is 10.3. The van der Waals surface area contributed by atoms with E-state index in [0.717, 1.165) is 11.5 Å². The van der Waals surface area contributed by atoms with Gasteiger partial charge in [-0.2, -0.15) is 0 Å². The molecule has 0 aliphatic rings. The highest BCUT2D eigenvalue weighted by Gasteiger charge is 2.05. The molecule has 0 aliphatic carbocycles. The largest absolute Gasteiger partial charge is 0.484 e. The lowest BCUT2D eigenvalue weighted by Crippen LogP contribution is -1.95. The predicted molar refractivity (Wildman–Crippen MR) is 61.8 cm³/mol. The van der Waals surface area contributed by atoms with Gasteiger partial charge in [0, 0.05) is 5.02 Å². The second-order valence-electron chi connectivity index (χ2n) is 3.50. The number of hydrogen-bond acceptors (Lipinski definition) is 3. The molecule has 0 radical (unpaired) electrons. The lowest BCUT2D eigenvalue weighted by molar-refractivity contribution is 0.260. The molecule has 1 aromatic carbocycles. The van der Waals surface area contributed by atoms with E-state index in [1.54, 1.807) is 12.1 Å². The molecular formula is C12H12ClNO2. The Morgan fingerprint density at radius 1 is 1.38 bits per heavy atom. The minimum absolute atomic E-state index is 0.315. The van der Waals surface area contributed by atoms with Gasteiger partial charge in [0.2, 0.25) is 5.89 Å². The minimum Gasteiger partial charge on any atom is -0.484 e. The minimum atomic E-state index is 0.315. The average molecular weight is 238 g/mol. The molecule has 0 unspecified atom stereocenters. The quantitative estimate of drug-likeness (QED) is 0.819. The first kappa shape index (κ1) is 11.0. The summed E-state index contributed by atoms with van der Waals surface area (Å²) < 4.78 is 10.9. The molecular weight excluding hydrogens is 226 g/mol. The maximum absolute atomic E-state index is 5.84. The number of nitrogens with zero attached hydrogens (tertiary/aromatic N) is 1. The number of halogens is 1. The molecule has 2 aromatic rings. The number of aryl methyl sites for hydroxylation is 2. The van der Waals surface area contributed by atoms with Gasteiger partial charge >= 0.3 is 0 Å². The summed E-state index contributed by atoms with van der Waals surface area (Å²) in [6.45, 7) is 4.10. The molecule has 16 heavy (non-hydrogen) atoms. The van der Waals surface area contributed by atoms with Gasteiger partial charge in [0.05, 0.1) is 5.69 Å². The molecule has 0 bridgehead atoms. The first-order valence-corrected chi connectivity index (χ1v) is 5.34. The van der Waals surface area contributed by atoms with Gasteiger partial charge in [-0.15, -0.1) is 0 Å². The predicted octanol–water partition coefficient (Wildman–Crippen LogP) is 3.52. The average Bonchev–Trinajstić information content (AvgIpc) is 2.56. The van der Waals surface area contributed by atoms with E-state index in [2.05, 4.69) is 4.98 Å². The molecule has 0 amide bonds. The fourth-order valence-electron chi connectivity index (χ4n) is 1.30. The molecule has 0 fully saturated rings. The van der Waals surface area contributed by atoms with Crippen molar-refractivity contribution in [1.82, 2.24) is 4.98 Å². The summed E-state index contributed by atoms with van der Waals surface area (Å²) in [5.41, 5.74) is 0.893. The molecule has 0 saturated heterocycles. The third-order valence-corrected chi connectivity index (χ3v) is 2.47. The molecule has 84 valence electrons. The monoisotopic (exact) mass is 237 g/mol. The van der Waals surface area contributed by atoms with Gasteiger partial charge in [-0.25, -0.2) is 4.98 Å². The SMILES string of the molecule is Cc1nc(COc2cccc(Cl)c2)oc1C. The van der Waals surface area contributed by atoms with Crippen LogP contribution in [0.25, 0.3) is 0 Å². The standard InChI is InChI=1S/C12H12ClNO2/c1-8-9(2)16-12(14-8)7-15-11-5-3-4-10(13)6-11/h3-6H,7H2,1-2H3. The van der Waals surface area contributed by atoms with Crippen LogP contribution in [0.4, 0.5) is 0 Å². The van der Waals surface area contributed by atoms with Crippen molar-refractivity contribution in [2.45, 2.75) is 20.5 Å². The van der Waals surface area contributed by atoms with Crippen molar-refractivity contribution in [3.63, 3.8) is 0 Å². The van der Waals surface area contributed by atoms with Gasteiger partial charge in [-0.3, -0.25) is 0 Å². The Morgan fingerprint density at radius 3 is 2.81 bits per heavy atom. The molecule has 0 N–H and O–H groups in total. The molecule has 0 aliphatic heterocycles. The second-order valence-corrected chi connectivity index (χ2v) is 3.93. The Morgan fingerprint density at radius 2 is 2.19 bits per heavy atom. The second kappa shape index (κ2) is 4.58. The normalized spacial score (nSPS) is 10.4. The van der Waals surface area contributed by atoms with Crippen molar-refractivity contribution in [3.05, 3.63) is 46.6 Å². The summed E-state index contributed by atoms with van der Waals surface area (Å²) in [6, 6.07) is 7.23. The first-order valence-electron chi connectivity index (χ1n) is 4.96. The van der Waals surface area contributed by atoms with Crippen molar-refractivity contribution in [2.75, 3.05) is 0 Å². The number of benzene rings is 1. The van der Waals surface area contributed by atoms with Crippen LogP contribution in [0.1, 0.15) is 17.3 Å². The van der Waals surface area contributed by atoms with Crippen LogP contribution in [0.15, 0.2) is 28.7 Å². The van der Waals surface area contributed by atoms with E-state index in [-0.39, 0.29) is 0 Å². The summed E-state index contributed by atoms with van der Waals surface area (Å²) >= 11 is 5.84. The summed E-state index contributed by atoms with van der Waals surface area (Å²) in [6.07, 6.45) is 0. The van der Waals surface area contributed by atoms with E-state index in [9.17, 15) is 0 Å². The van der Waals surface area contributed by atoms with E-state index < -0.39 is 0 Å². The molecule has 4 heteroatoms. The fraction of sp³-hybridized carbons (Fsp3) is 0.250. The molecule has 1 heterocycles. The van der Waals surface area contributed by atoms with E-state index in [4.69, 9.17) is 20.8 Å². The Bertz CT molecular complexity index is 474. The van der Waals surface area contributed by atoms with Gasteiger partial charge in [0.15, 0.2) is 6.61 Å². The third kappa shape index (κ3) is 2.55. The van der Waals surface area contributed by atoms with Crippen molar-refractivity contribution in [3.8, 4) is 5.75 Å². The Balaban J connectivity index is 2.02. The van der Waals surface area contributed by atoms with Crippen LogP contribution in [0.3, 0.4) is 0 Å². The van der Waals surface area contributed by atoms with Gasteiger partial charge in [-0.05, 0) is 32.0 Å². The maximum atomic E-state index is 5.84. The van der Waals surface area contributed by atoms with Gasteiger partial charge in [-0.1, -0.05) is 17.7 Å². The number of hydrogen-bond donors (Lipinski definition) is 0. The van der Waals surface area contributed by atoms with Crippen molar-refractivity contribution in [1.29, 1.82) is 0 Å². The van der Waals surface area contributed by atoms with Crippen LogP contribution >= 0.6 is 11.6 Å². The summed E-state index contributed by atoms with van der Waals surface area (Å²) in [5, 5.41) is 0.650. The van der Waals surface area contributed by atoms with E-state index in [1.807, 2.05) is 26.0 Å². The molecule has 2 rings (SSSR count). The molecule has 0 saturated carbocycles. The van der Waals surface area contributed by atoms with E-state index >= 15 is 0 Å². The van der Waals surface area contributed by atoms with Crippen molar-refractivity contribution >= 4 is 11.6 Å². The lowest BCUT2D eigenvalue weighted by Gasteiger charge is -2.03. The highest BCUT2D eigenvalue weighted by Crippen LogP contribution is 2.18. The molecule has 0 atom stereocenters. The van der Waals surface area contributed by atoms with E-state index in [1.165, 1.54) is 0 Å². The Hall–Kier alpha value is -1.48. The summed E-state index contributed by atoms with van der Waals surface area (Å²) in [4.78, 5) is 4.22. The van der Waals surface area contributed by atoms with Crippen molar-refractivity contribution in [2.24, 2.45) is 0 Å². The maximum Gasteiger partial charge on any atom is 0.232 e. The Kier molecular flexibility index (Phi) is 3.15. The van der Waals surface area contributed by atoms with Crippen LogP contribution in [-0.2, 0) is 6.61 Å². The van der Waals surface area contributed by atoms with Crippen LogP contribution in [0, 0.1) is 13.8 Å².